The number of rotatable bonds is 1. The molecule has 0 atom stereocenters. The van der Waals surface area contributed by atoms with E-state index in [-0.39, 0.29) is 17.7 Å². The van der Waals surface area contributed by atoms with Gasteiger partial charge in [0.05, 0.1) is 0 Å². The molecule has 0 aromatic carbocycles. The van der Waals surface area contributed by atoms with Crippen LogP contribution in [0.2, 0.25) is 0 Å². The van der Waals surface area contributed by atoms with Gasteiger partial charge in [0.15, 0.2) is 0 Å². The number of aryl methyl sites for hydroxylation is 1. The van der Waals surface area contributed by atoms with E-state index in [0.717, 1.165) is 9.35 Å². The van der Waals surface area contributed by atoms with E-state index in [1.54, 1.807) is 11.3 Å². The van der Waals surface area contributed by atoms with E-state index in [4.69, 9.17) is 0 Å². The first kappa shape index (κ1) is 10.8. The van der Waals surface area contributed by atoms with Crippen LogP contribution in [0.4, 0.5) is 0 Å². The second-order valence-electron chi connectivity index (χ2n) is 3.63. The third-order valence-corrected chi connectivity index (χ3v) is 4.72. The Bertz CT molecular complexity index is 392. The van der Waals surface area contributed by atoms with Gasteiger partial charge in [-0.1, -0.05) is 0 Å². The van der Waals surface area contributed by atoms with Crippen molar-refractivity contribution in [1.29, 1.82) is 0 Å². The lowest BCUT2D eigenvalue weighted by Gasteiger charge is -2.19. The lowest BCUT2D eigenvalue weighted by atomic mass is 9.95. The number of amides is 2. The molecule has 1 aromatic rings. The minimum Gasteiger partial charge on any atom is -0.296 e. The van der Waals surface area contributed by atoms with Crippen molar-refractivity contribution in [1.82, 2.24) is 5.32 Å². The first-order chi connectivity index (χ1) is 7.06. The van der Waals surface area contributed by atoms with Gasteiger partial charge in [-0.05, 0) is 28.9 Å². The van der Waals surface area contributed by atoms with Crippen LogP contribution in [0.15, 0.2) is 10.5 Å². The zero-order valence-electron chi connectivity index (χ0n) is 8.17. The average molecular weight is 288 g/mol. The number of piperidine rings is 1. The summed E-state index contributed by atoms with van der Waals surface area (Å²) in [4.78, 5) is 24.7. The molecule has 1 N–H and O–H groups in total. The molecule has 1 aliphatic rings. The standard InChI is InChI=1S/C10H10BrNO2S/c1-5-7(11)4-8(15-5)6-2-9(13)12-10(14)3-6/h4,6H,2-3H2,1H3,(H,12,13,14). The molecule has 1 saturated heterocycles. The molecule has 0 spiro atoms. The van der Waals surface area contributed by atoms with Gasteiger partial charge < -0.3 is 0 Å². The highest BCUT2D eigenvalue weighted by molar-refractivity contribution is 9.10. The van der Waals surface area contributed by atoms with E-state index in [0.29, 0.717) is 12.8 Å². The summed E-state index contributed by atoms with van der Waals surface area (Å²) in [5.41, 5.74) is 0. The van der Waals surface area contributed by atoms with Gasteiger partial charge in [-0.2, -0.15) is 0 Å². The monoisotopic (exact) mass is 287 g/mol. The number of nitrogens with one attached hydrogen (secondary N) is 1. The molecular weight excluding hydrogens is 278 g/mol. The van der Waals surface area contributed by atoms with Crippen molar-refractivity contribution in [2.24, 2.45) is 0 Å². The predicted molar refractivity (Wildman–Crippen MR) is 61.9 cm³/mol. The van der Waals surface area contributed by atoms with Crippen LogP contribution in [0.25, 0.3) is 0 Å². The Balaban J connectivity index is 2.23. The Hall–Kier alpha value is -0.680. The molecule has 0 aliphatic carbocycles. The number of hydrogen-bond donors (Lipinski definition) is 1. The lowest BCUT2D eigenvalue weighted by Crippen LogP contribution is -2.37. The first-order valence-corrected chi connectivity index (χ1v) is 6.25. The molecule has 1 fully saturated rings. The fourth-order valence-corrected chi connectivity index (χ4v) is 3.32. The van der Waals surface area contributed by atoms with Crippen molar-refractivity contribution in [2.45, 2.75) is 25.7 Å². The second kappa shape index (κ2) is 4.06. The van der Waals surface area contributed by atoms with Crippen molar-refractivity contribution in [2.75, 3.05) is 0 Å². The summed E-state index contributed by atoms with van der Waals surface area (Å²) in [6.07, 6.45) is 0.830. The van der Waals surface area contributed by atoms with Gasteiger partial charge in [-0.3, -0.25) is 14.9 Å². The Labute approximate surface area is 100.0 Å². The number of hydrogen-bond acceptors (Lipinski definition) is 3. The van der Waals surface area contributed by atoms with Gasteiger partial charge >= 0.3 is 0 Å². The van der Waals surface area contributed by atoms with Gasteiger partial charge in [-0.25, -0.2) is 0 Å². The van der Waals surface area contributed by atoms with Gasteiger partial charge in [-0.15, -0.1) is 11.3 Å². The van der Waals surface area contributed by atoms with Crippen molar-refractivity contribution in [3.8, 4) is 0 Å². The third kappa shape index (κ3) is 2.29. The highest BCUT2D eigenvalue weighted by Gasteiger charge is 2.27. The summed E-state index contributed by atoms with van der Waals surface area (Å²) >= 11 is 5.08. The minimum atomic E-state index is -0.168. The molecule has 80 valence electrons. The van der Waals surface area contributed by atoms with Crippen LogP contribution < -0.4 is 5.32 Å². The molecule has 1 aliphatic heterocycles. The Morgan fingerprint density at radius 3 is 2.47 bits per heavy atom. The zero-order chi connectivity index (χ0) is 11.0. The van der Waals surface area contributed by atoms with E-state index in [9.17, 15) is 9.59 Å². The normalized spacial score (nSPS) is 18.0. The molecule has 2 rings (SSSR count). The molecule has 0 unspecified atom stereocenters. The van der Waals surface area contributed by atoms with E-state index in [1.165, 1.54) is 4.88 Å². The summed E-state index contributed by atoms with van der Waals surface area (Å²) in [6, 6.07) is 2.01. The molecule has 0 bridgehead atoms. The van der Waals surface area contributed by atoms with Crippen LogP contribution in [0, 0.1) is 6.92 Å². The van der Waals surface area contributed by atoms with E-state index < -0.39 is 0 Å². The van der Waals surface area contributed by atoms with E-state index in [1.807, 2.05) is 13.0 Å². The molecule has 3 nitrogen and oxygen atoms in total. The molecule has 1 aromatic heterocycles. The van der Waals surface area contributed by atoms with Gasteiger partial charge in [0.2, 0.25) is 11.8 Å². The summed E-state index contributed by atoms with van der Waals surface area (Å²) in [6.45, 7) is 2.02. The van der Waals surface area contributed by atoms with Gasteiger partial charge in [0.1, 0.15) is 0 Å². The molecule has 0 saturated carbocycles. The average Bonchev–Trinajstić information content (AvgIpc) is 2.45. The van der Waals surface area contributed by atoms with Crippen LogP contribution in [-0.4, -0.2) is 11.8 Å². The van der Waals surface area contributed by atoms with Crippen LogP contribution in [0.3, 0.4) is 0 Å². The number of thiophene rings is 1. The Morgan fingerprint density at radius 2 is 2.00 bits per heavy atom. The van der Waals surface area contributed by atoms with Crippen LogP contribution >= 0.6 is 27.3 Å². The summed E-state index contributed by atoms with van der Waals surface area (Å²) in [5.74, 6) is -0.280. The number of carbonyl (C=O) groups is 2. The molecule has 15 heavy (non-hydrogen) atoms. The van der Waals surface area contributed by atoms with E-state index in [2.05, 4.69) is 21.2 Å². The van der Waals surface area contributed by atoms with Crippen molar-refractivity contribution in [3.05, 3.63) is 20.3 Å². The SMILES string of the molecule is Cc1sc(C2CC(=O)NC(=O)C2)cc1Br. The largest absolute Gasteiger partial charge is 0.296 e. The van der Waals surface area contributed by atoms with E-state index >= 15 is 0 Å². The molecule has 0 radical (unpaired) electrons. The summed E-state index contributed by atoms with van der Waals surface area (Å²) in [5, 5.41) is 2.32. The fraction of sp³-hybridized carbons (Fsp3) is 0.400. The maximum absolute atomic E-state index is 11.2. The second-order valence-corrected chi connectivity index (χ2v) is 5.77. The summed E-state index contributed by atoms with van der Waals surface area (Å²) in [7, 11) is 0. The number of imide groups is 1. The lowest BCUT2D eigenvalue weighted by molar-refractivity contribution is -0.133. The highest BCUT2D eigenvalue weighted by Crippen LogP contribution is 2.35. The number of carbonyl (C=O) groups excluding carboxylic acids is 2. The summed E-state index contributed by atoms with van der Waals surface area (Å²) < 4.78 is 1.06. The predicted octanol–water partition coefficient (Wildman–Crippen LogP) is 2.34. The Morgan fingerprint density at radius 1 is 1.40 bits per heavy atom. The maximum atomic E-state index is 11.2. The van der Waals surface area contributed by atoms with Crippen molar-refractivity contribution < 1.29 is 9.59 Å². The van der Waals surface area contributed by atoms with Gasteiger partial charge in [0, 0.05) is 33.0 Å². The molecular formula is C10H10BrNO2S. The maximum Gasteiger partial charge on any atom is 0.227 e. The smallest absolute Gasteiger partial charge is 0.227 e. The minimum absolute atomic E-state index is 0.0567. The van der Waals surface area contributed by atoms with Gasteiger partial charge in [0.25, 0.3) is 0 Å². The quantitative estimate of drug-likeness (QED) is 0.806. The zero-order valence-corrected chi connectivity index (χ0v) is 10.6. The van der Waals surface area contributed by atoms with Crippen LogP contribution in [-0.2, 0) is 9.59 Å². The number of halogens is 1. The van der Waals surface area contributed by atoms with Crippen molar-refractivity contribution >= 4 is 39.1 Å². The molecule has 5 heteroatoms. The topological polar surface area (TPSA) is 46.2 Å². The fourth-order valence-electron chi connectivity index (χ4n) is 1.66. The first-order valence-electron chi connectivity index (χ1n) is 4.65. The van der Waals surface area contributed by atoms with Crippen molar-refractivity contribution in [3.63, 3.8) is 0 Å². The molecule has 2 heterocycles. The van der Waals surface area contributed by atoms with Crippen LogP contribution in [0.1, 0.15) is 28.5 Å². The molecule has 2 amide bonds. The Kier molecular flexibility index (Phi) is 2.93. The third-order valence-electron chi connectivity index (χ3n) is 2.42. The van der Waals surface area contributed by atoms with Crippen LogP contribution in [0.5, 0.6) is 0 Å². The highest BCUT2D eigenvalue weighted by atomic mass is 79.9.